The molecule has 1 unspecified atom stereocenters. The third-order valence-electron chi connectivity index (χ3n) is 3.88. The highest BCUT2D eigenvalue weighted by Gasteiger charge is 2.46. The van der Waals surface area contributed by atoms with Crippen LogP contribution in [0.5, 0.6) is 0 Å². The summed E-state index contributed by atoms with van der Waals surface area (Å²) in [5, 5.41) is 14.0. The van der Waals surface area contributed by atoms with Crippen molar-refractivity contribution in [2.45, 2.75) is 38.5 Å². The lowest BCUT2D eigenvalue weighted by molar-refractivity contribution is -0.498. The molecule has 132 valence electrons. The number of nitrogens with zero attached hydrogens (tertiary/aromatic N) is 1. The van der Waals surface area contributed by atoms with Crippen LogP contribution in [-0.2, 0) is 20.9 Å². The average molecular weight is 336 g/mol. The third-order valence-corrected chi connectivity index (χ3v) is 3.88. The minimum atomic E-state index is -0.783. The van der Waals surface area contributed by atoms with Gasteiger partial charge in [-0.2, -0.15) is 0 Å². The summed E-state index contributed by atoms with van der Waals surface area (Å²) in [6.45, 7) is 4.37. The van der Waals surface area contributed by atoms with E-state index in [1.165, 1.54) is 0 Å². The molecule has 0 aromatic heterocycles. The van der Waals surface area contributed by atoms with E-state index in [1.54, 1.807) is 0 Å². The standard InChI is InChI=1S/C17H24N2O5/c1-13(2)8-15(18-17(10-19(21)22)11-23-12-17)16(20)24-9-14-6-4-3-5-7-14/h3-7,13,15,18H,8-12H2,1-2H3. The minimum absolute atomic E-state index is 0.189. The fourth-order valence-electron chi connectivity index (χ4n) is 2.70. The molecule has 1 N–H and O–H groups in total. The lowest BCUT2D eigenvalue weighted by Gasteiger charge is -2.41. The van der Waals surface area contributed by atoms with Gasteiger partial charge in [-0.15, -0.1) is 0 Å². The highest BCUT2D eigenvalue weighted by atomic mass is 16.6. The van der Waals surface area contributed by atoms with Crippen molar-refractivity contribution >= 4 is 5.97 Å². The van der Waals surface area contributed by atoms with Crippen LogP contribution in [0.15, 0.2) is 30.3 Å². The molecule has 1 fully saturated rings. The molecule has 1 aromatic rings. The van der Waals surface area contributed by atoms with E-state index in [0.717, 1.165) is 5.56 Å². The van der Waals surface area contributed by atoms with Crippen LogP contribution >= 0.6 is 0 Å². The van der Waals surface area contributed by atoms with Crippen molar-refractivity contribution in [3.8, 4) is 0 Å². The lowest BCUT2D eigenvalue weighted by Crippen LogP contribution is -2.68. The van der Waals surface area contributed by atoms with Crippen LogP contribution in [0.3, 0.4) is 0 Å². The molecule has 1 atom stereocenters. The molecule has 1 aliphatic rings. The number of hydrogen-bond donors (Lipinski definition) is 1. The SMILES string of the molecule is CC(C)CC(NC1(C[N+](=O)[O-])COC1)C(=O)OCc1ccccc1. The van der Waals surface area contributed by atoms with Gasteiger partial charge >= 0.3 is 5.97 Å². The summed E-state index contributed by atoms with van der Waals surface area (Å²) in [6, 6.07) is 8.83. The predicted molar refractivity (Wildman–Crippen MR) is 88.0 cm³/mol. The predicted octanol–water partition coefficient (Wildman–Crippen LogP) is 1.78. The number of esters is 1. The summed E-state index contributed by atoms with van der Waals surface area (Å²) in [6.07, 6.45) is 0.549. The van der Waals surface area contributed by atoms with Gasteiger partial charge in [-0.05, 0) is 17.9 Å². The van der Waals surface area contributed by atoms with E-state index in [4.69, 9.17) is 9.47 Å². The number of ether oxygens (including phenoxy) is 2. The smallest absolute Gasteiger partial charge is 0.323 e. The zero-order valence-electron chi connectivity index (χ0n) is 14.1. The summed E-state index contributed by atoms with van der Waals surface area (Å²) >= 11 is 0. The Morgan fingerprint density at radius 1 is 1.38 bits per heavy atom. The summed E-state index contributed by atoms with van der Waals surface area (Å²) in [7, 11) is 0. The summed E-state index contributed by atoms with van der Waals surface area (Å²) in [4.78, 5) is 23.0. The second-order valence-electron chi connectivity index (χ2n) is 6.68. The van der Waals surface area contributed by atoms with E-state index in [9.17, 15) is 14.9 Å². The second kappa shape index (κ2) is 8.21. The first kappa shape index (κ1) is 18.4. The monoisotopic (exact) mass is 336 g/mol. The zero-order valence-corrected chi connectivity index (χ0v) is 14.1. The van der Waals surface area contributed by atoms with Crippen molar-refractivity contribution in [2.24, 2.45) is 5.92 Å². The van der Waals surface area contributed by atoms with E-state index >= 15 is 0 Å². The van der Waals surface area contributed by atoms with Gasteiger partial charge < -0.3 is 9.47 Å². The Morgan fingerprint density at radius 2 is 2.04 bits per heavy atom. The molecule has 7 heteroatoms. The quantitative estimate of drug-likeness (QED) is 0.420. The van der Waals surface area contributed by atoms with E-state index in [2.05, 4.69) is 5.32 Å². The first-order chi connectivity index (χ1) is 11.4. The molecule has 0 spiro atoms. The zero-order chi connectivity index (χ0) is 17.6. The fraction of sp³-hybridized carbons (Fsp3) is 0.588. The Kier molecular flexibility index (Phi) is 6.28. The number of carbonyl (C=O) groups excluding carboxylic acids is 1. The molecule has 1 aliphatic heterocycles. The molecule has 1 aromatic carbocycles. The van der Waals surface area contributed by atoms with E-state index in [-0.39, 0.29) is 43.2 Å². The summed E-state index contributed by atoms with van der Waals surface area (Å²) < 4.78 is 10.5. The van der Waals surface area contributed by atoms with Crippen LogP contribution in [0.1, 0.15) is 25.8 Å². The second-order valence-corrected chi connectivity index (χ2v) is 6.68. The Hall–Kier alpha value is -1.99. The van der Waals surface area contributed by atoms with Crippen molar-refractivity contribution in [1.82, 2.24) is 5.32 Å². The van der Waals surface area contributed by atoms with Crippen molar-refractivity contribution in [3.63, 3.8) is 0 Å². The van der Waals surface area contributed by atoms with E-state index in [0.29, 0.717) is 6.42 Å². The van der Waals surface area contributed by atoms with Gasteiger partial charge in [0.25, 0.3) is 0 Å². The van der Waals surface area contributed by atoms with Gasteiger partial charge in [0.05, 0.1) is 13.2 Å². The first-order valence-corrected chi connectivity index (χ1v) is 8.08. The van der Waals surface area contributed by atoms with Gasteiger partial charge in [0.15, 0.2) is 0 Å². The van der Waals surface area contributed by atoms with Gasteiger partial charge in [-0.3, -0.25) is 20.2 Å². The van der Waals surface area contributed by atoms with Crippen LogP contribution in [-0.4, -0.2) is 42.2 Å². The van der Waals surface area contributed by atoms with E-state index in [1.807, 2.05) is 44.2 Å². The topological polar surface area (TPSA) is 90.7 Å². The summed E-state index contributed by atoms with van der Waals surface area (Å²) in [5.74, 6) is -0.136. The van der Waals surface area contributed by atoms with Gasteiger partial charge in [-0.1, -0.05) is 44.2 Å². The van der Waals surface area contributed by atoms with Crippen LogP contribution < -0.4 is 5.32 Å². The molecule has 7 nitrogen and oxygen atoms in total. The largest absolute Gasteiger partial charge is 0.460 e. The summed E-state index contributed by atoms with van der Waals surface area (Å²) in [5.41, 5.74) is 0.121. The maximum Gasteiger partial charge on any atom is 0.323 e. The molecular formula is C17H24N2O5. The Balaban J connectivity index is 1.98. The highest BCUT2D eigenvalue weighted by molar-refractivity contribution is 5.76. The molecule has 1 heterocycles. The number of benzene rings is 1. The molecule has 0 amide bonds. The van der Waals surface area contributed by atoms with E-state index < -0.39 is 11.6 Å². The maximum absolute atomic E-state index is 12.5. The molecule has 0 radical (unpaired) electrons. The van der Waals surface area contributed by atoms with Gasteiger partial charge in [0.1, 0.15) is 18.2 Å². The number of hydrogen-bond acceptors (Lipinski definition) is 6. The fourth-order valence-corrected chi connectivity index (χ4v) is 2.70. The Morgan fingerprint density at radius 3 is 2.54 bits per heavy atom. The van der Waals surface area contributed by atoms with Crippen molar-refractivity contribution < 1.29 is 19.2 Å². The molecule has 0 aliphatic carbocycles. The third kappa shape index (κ3) is 5.28. The van der Waals surface area contributed by atoms with Crippen LogP contribution in [0.4, 0.5) is 0 Å². The Bertz CT molecular complexity index is 557. The average Bonchev–Trinajstić information content (AvgIpc) is 2.49. The van der Waals surface area contributed by atoms with Gasteiger partial charge in [0.2, 0.25) is 6.54 Å². The number of nitro groups is 1. The van der Waals surface area contributed by atoms with Crippen LogP contribution in [0, 0.1) is 16.0 Å². The van der Waals surface area contributed by atoms with Crippen LogP contribution in [0.25, 0.3) is 0 Å². The van der Waals surface area contributed by atoms with Crippen LogP contribution in [0.2, 0.25) is 0 Å². The maximum atomic E-state index is 12.5. The molecule has 0 saturated carbocycles. The molecule has 0 bridgehead atoms. The lowest BCUT2D eigenvalue weighted by atomic mass is 9.93. The van der Waals surface area contributed by atoms with Crippen molar-refractivity contribution in [2.75, 3.05) is 19.8 Å². The number of rotatable bonds is 9. The first-order valence-electron chi connectivity index (χ1n) is 8.08. The number of carbonyl (C=O) groups is 1. The molecule has 24 heavy (non-hydrogen) atoms. The number of nitrogens with one attached hydrogen (secondary N) is 1. The van der Waals surface area contributed by atoms with Crippen molar-refractivity contribution in [3.05, 3.63) is 46.0 Å². The molecular weight excluding hydrogens is 312 g/mol. The van der Waals surface area contributed by atoms with Crippen molar-refractivity contribution in [1.29, 1.82) is 0 Å². The molecule has 2 rings (SSSR count). The van der Waals surface area contributed by atoms with Gasteiger partial charge in [-0.25, -0.2) is 0 Å². The highest BCUT2D eigenvalue weighted by Crippen LogP contribution is 2.20. The molecule has 1 saturated heterocycles. The van der Waals surface area contributed by atoms with Gasteiger partial charge in [0, 0.05) is 4.92 Å². The minimum Gasteiger partial charge on any atom is -0.460 e. The normalized spacial score (nSPS) is 17.1. The Labute approximate surface area is 141 Å².